The van der Waals surface area contributed by atoms with Crippen LogP contribution in [0.15, 0.2) is 60.7 Å². The van der Waals surface area contributed by atoms with Crippen LogP contribution in [0.5, 0.6) is 0 Å². The van der Waals surface area contributed by atoms with Crippen molar-refractivity contribution in [1.29, 1.82) is 0 Å². The highest BCUT2D eigenvalue weighted by atomic mass is 19.3. The first-order chi connectivity index (χ1) is 16.5. The maximum absolute atomic E-state index is 13.1. The van der Waals surface area contributed by atoms with E-state index < -0.39 is 48.9 Å². The maximum atomic E-state index is 13.1. The van der Waals surface area contributed by atoms with Crippen molar-refractivity contribution in [2.75, 3.05) is 6.61 Å². The fourth-order valence-electron chi connectivity index (χ4n) is 2.95. The number of benzene rings is 2. The summed E-state index contributed by atoms with van der Waals surface area (Å²) in [4.78, 5) is 38.0. The Hall–Kier alpha value is -3.53. The molecule has 0 heterocycles. The van der Waals surface area contributed by atoms with Crippen molar-refractivity contribution in [3.8, 4) is 0 Å². The highest BCUT2D eigenvalue weighted by molar-refractivity contribution is 5.90. The Bertz CT molecular complexity index is 951. The SMILES string of the molecule is CC(C)(C)OC(=O)N[C@@H](Cc1ccccc1)C(=O)N[C@@H](COC(F)F)C(=O)OCc1ccccc1. The molecule has 10 heteroatoms. The van der Waals surface area contributed by atoms with Crippen molar-refractivity contribution in [1.82, 2.24) is 10.6 Å². The van der Waals surface area contributed by atoms with Crippen LogP contribution in [-0.2, 0) is 36.8 Å². The fourth-order valence-corrected chi connectivity index (χ4v) is 2.95. The van der Waals surface area contributed by atoms with Gasteiger partial charge in [0.1, 0.15) is 18.2 Å². The maximum Gasteiger partial charge on any atom is 0.408 e. The molecule has 0 aliphatic carbocycles. The minimum absolute atomic E-state index is 0.0629. The van der Waals surface area contributed by atoms with Crippen LogP contribution in [0.4, 0.5) is 13.6 Å². The van der Waals surface area contributed by atoms with Crippen LogP contribution in [0.2, 0.25) is 0 Å². The molecule has 0 aliphatic rings. The number of hydrogen-bond donors (Lipinski definition) is 2. The first-order valence-electron chi connectivity index (χ1n) is 11.0. The Balaban J connectivity index is 2.13. The van der Waals surface area contributed by atoms with Crippen LogP contribution in [0.25, 0.3) is 0 Å². The second-order valence-electron chi connectivity index (χ2n) is 8.64. The van der Waals surface area contributed by atoms with Gasteiger partial charge >= 0.3 is 18.7 Å². The summed E-state index contributed by atoms with van der Waals surface area (Å²) in [6.07, 6.45) is -0.784. The predicted molar refractivity (Wildman–Crippen MR) is 123 cm³/mol. The molecule has 2 rings (SSSR count). The van der Waals surface area contributed by atoms with E-state index in [9.17, 15) is 23.2 Å². The molecule has 0 radical (unpaired) electrons. The van der Waals surface area contributed by atoms with E-state index >= 15 is 0 Å². The Morgan fingerprint density at radius 2 is 1.43 bits per heavy atom. The zero-order chi connectivity index (χ0) is 25.8. The van der Waals surface area contributed by atoms with Crippen LogP contribution in [-0.4, -0.2) is 48.9 Å². The second-order valence-corrected chi connectivity index (χ2v) is 8.64. The third kappa shape index (κ3) is 11.0. The molecule has 35 heavy (non-hydrogen) atoms. The Morgan fingerprint density at radius 1 is 0.857 bits per heavy atom. The number of halogens is 2. The fraction of sp³-hybridized carbons (Fsp3) is 0.400. The Morgan fingerprint density at radius 3 is 1.97 bits per heavy atom. The molecule has 8 nitrogen and oxygen atoms in total. The quantitative estimate of drug-likeness (QED) is 0.465. The smallest absolute Gasteiger partial charge is 0.408 e. The zero-order valence-corrected chi connectivity index (χ0v) is 19.8. The molecule has 0 bridgehead atoms. The predicted octanol–water partition coefficient (Wildman–Crippen LogP) is 3.59. The van der Waals surface area contributed by atoms with E-state index in [4.69, 9.17) is 9.47 Å². The molecule has 2 amide bonds. The standard InChI is InChI=1S/C25H30F2N2O6/c1-25(2,3)35-24(32)29-19(14-17-10-6-4-7-11-17)21(30)28-20(16-34-23(26)27)22(31)33-15-18-12-8-5-9-13-18/h4-13,19-20,23H,14-16H2,1-3H3,(H,28,30)(H,29,32)/t19-,20-/m0/s1. The monoisotopic (exact) mass is 492 g/mol. The van der Waals surface area contributed by atoms with Crippen molar-refractivity contribution in [2.24, 2.45) is 0 Å². The summed E-state index contributed by atoms with van der Waals surface area (Å²) < 4.78 is 40.0. The number of alkyl halides is 2. The number of carbonyl (C=O) groups excluding carboxylic acids is 3. The minimum Gasteiger partial charge on any atom is -0.459 e. The van der Waals surface area contributed by atoms with Gasteiger partial charge in [-0.2, -0.15) is 8.78 Å². The van der Waals surface area contributed by atoms with E-state index in [2.05, 4.69) is 15.4 Å². The van der Waals surface area contributed by atoms with Gasteiger partial charge in [-0.05, 0) is 31.9 Å². The topological polar surface area (TPSA) is 103 Å². The summed E-state index contributed by atoms with van der Waals surface area (Å²) in [5, 5.41) is 4.83. The van der Waals surface area contributed by atoms with Gasteiger partial charge in [0, 0.05) is 6.42 Å². The average Bonchev–Trinajstić information content (AvgIpc) is 2.79. The zero-order valence-electron chi connectivity index (χ0n) is 19.8. The third-order valence-corrected chi connectivity index (χ3v) is 4.50. The molecule has 0 saturated carbocycles. The van der Waals surface area contributed by atoms with E-state index in [0.717, 1.165) is 5.56 Å². The molecule has 0 spiro atoms. The third-order valence-electron chi connectivity index (χ3n) is 4.50. The molecule has 0 aliphatic heterocycles. The first-order valence-corrected chi connectivity index (χ1v) is 11.0. The van der Waals surface area contributed by atoms with Gasteiger partial charge < -0.3 is 24.8 Å². The molecule has 2 N–H and O–H groups in total. The number of amides is 2. The van der Waals surface area contributed by atoms with E-state index in [-0.39, 0.29) is 13.0 Å². The van der Waals surface area contributed by atoms with Crippen molar-refractivity contribution < 1.29 is 37.4 Å². The molecular weight excluding hydrogens is 462 g/mol. The highest BCUT2D eigenvalue weighted by Crippen LogP contribution is 2.10. The summed E-state index contributed by atoms with van der Waals surface area (Å²) in [5.41, 5.74) is 0.581. The van der Waals surface area contributed by atoms with Crippen molar-refractivity contribution in [3.05, 3.63) is 71.8 Å². The van der Waals surface area contributed by atoms with Crippen LogP contribution in [0.1, 0.15) is 31.9 Å². The molecule has 0 unspecified atom stereocenters. The van der Waals surface area contributed by atoms with Crippen LogP contribution in [0.3, 0.4) is 0 Å². The summed E-state index contributed by atoms with van der Waals surface area (Å²) in [7, 11) is 0. The van der Waals surface area contributed by atoms with Gasteiger partial charge in [0.15, 0.2) is 6.04 Å². The second kappa shape index (κ2) is 13.4. The van der Waals surface area contributed by atoms with Crippen molar-refractivity contribution in [2.45, 2.75) is 58.1 Å². The van der Waals surface area contributed by atoms with E-state index in [1.165, 1.54) is 0 Å². The lowest BCUT2D eigenvalue weighted by atomic mass is 10.0. The largest absolute Gasteiger partial charge is 0.459 e. The van der Waals surface area contributed by atoms with Gasteiger partial charge in [0.05, 0.1) is 6.61 Å². The van der Waals surface area contributed by atoms with E-state index in [1.54, 1.807) is 81.4 Å². The Kier molecular flexibility index (Phi) is 10.6. The summed E-state index contributed by atoms with van der Waals surface area (Å²) >= 11 is 0. The first kappa shape index (κ1) is 27.7. The summed E-state index contributed by atoms with van der Waals surface area (Å²) in [6.45, 7) is 0.903. The van der Waals surface area contributed by atoms with Crippen molar-refractivity contribution >= 4 is 18.0 Å². The molecule has 2 aromatic carbocycles. The summed E-state index contributed by atoms with van der Waals surface area (Å²) in [5.74, 6) is -1.75. The molecule has 0 aromatic heterocycles. The van der Waals surface area contributed by atoms with Gasteiger partial charge in [-0.15, -0.1) is 0 Å². The minimum atomic E-state index is -3.16. The molecule has 0 saturated heterocycles. The number of ether oxygens (including phenoxy) is 3. The number of rotatable bonds is 11. The van der Waals surface area contributed by atoms with Gasteiger partial charge in [-0.25, -0.2) is 9.59 Å². The van der Waals surface area contributed by atoms with Crippen LogP contribution in [0, 0.1) is 0 Å². The number of carbonyl (C=O) groups is 3. The lowest BCUT2D eigenvalue weighted by Crippen LogP contribution is -2.54. The average molecular weight is 493 g/mol. The lowest BCUT2D eigenvalue weighted by molar-refractivity contribution is -0.161. The van der Waals surface area contributed by atoms with Crippen molar-refractivity contribution in [3.63, 3.8) is 0 Å². The van der Waals surface area contributed by atoms with Gasteiger partial charge in [-0.1, -0.05) is 60.7 Å². The normalized spacial score (nSPS) is 13.0. The van der Waals surface area contributed by atoms with E-state index in [1.807, 2.05) is 0 Å². The van der Waals surface area contributed by atoms with Crippen LogP contribution >= 0.6 is 0 Å². The molecule has 2 aromatic rings. The number of esters is 1. The molecule has 190 valence electrons. The Labute approximate surface area is 202 Å². The molecular formula is C25H30F2N2O6. The van der Waals surface area contributed by atoms with Gasteiger partial charge in [0.25, 0.3) is 0 Å². The number of hydrogen-bond acceptors (Lipinski definition) is 6. The number of alkyl carbamates (subject to hydrolysis) is 1. The van der Waals surface area contributed by atoms with Gasteiger partial charge in [-0.3, -0.25) is 4.79 Å². The van der Waals surface area contributed by atoms with Crippen LogP contribution < -0.4 is 10.6 Å². The number of nitrogens with one attached hydrogen (secondary N) is 2. The summed E-state index contributed by atoms with van der Waals surface area (Å²) in [6, 6.07) is 14.9. The van der Waals surface area contributed by atoms with Gasteiger partial charge in [0.2, 0.25) is 5.91 Å². The van der Waals surface area contributed by atoms with E-state index in [0.29, 0.717) is 5.56 Å². The molecule has 2 atom stereocenters. The highest BCUT2D eigenvalue weighted by Gasteiger charge is 2.30. The lowest BCUT2D eigenvalue weighted by Gasteiger charge is -2.25. The molecule has 0 fully saturated rings.